The van der Waals surface area contributed by atoms with Crippen LogP contribution in [0.15, 0.2) is 0 Å². The summed E-state index contributed by atoms with van der Waals surface area (Å²) in [5.74, 6) is -0.746. The van der Waals surface area contributed by atoms with E-state index < -0.39 is 5.41 Å². The molecule has 66 valence electrons. The van der Waals surface area contributed by atoms with Crippen LogP contribution in [0.25, 0.3) is 0 Å². The third-order valence-corrected chi connectivity index (χ3v) is 2.99. The standard InChI is InChI=1S/C8H10O4/c1-8(7(10)11-2)4-3-12-6(9)5(4)8/h4-5H,3H2,1-2H3. The van der Waals surface area contributed by atoms with Crippen LogP contribution in [0, 0.1) is 17.3 Å². The molecule has 0 aromatic rings. The molecule has 12 heavy (non-hydrogen) atoms. The maximum absolute atomic E-state index is 11.2. The molecule has 0 radical (unpaired) electrons. The summed E-state index contributed by atoms with van der Waals surface area (Å²) in [6.07, 6.45) is 0. The Morgan fingerprint density at radius 3 is 2.83 bits per heavy atom. The molecule has 1 saturated heterocycles. The minimum Gasteiger partial charge on any atom is -0.469 e. The van der Waals surface area contributed by atoms with Crippen molar-refractivity contribution in [2.75, 3.05) is 13.7 Å². The minimum atomic E-state index is -0.593. The maximum Gasteiger partial charge on any atom is 0.312 e. The molecule has 1 aliphatic carbocycles. The monoisotopic (exact) mass is 170 g/mol. The van der Waals surface area contributed by atoms with Crippen molar-refractivity contribution < 1.29 is 19.1 Å². The van der Waals surface area contributed by atoms with Gasteiger partial charge in [0.05, 0.1) is 25.0 Å². The van der Waals surface area contributed by atoms with E-state index in [-0.39, 0.29) is 23.8 Å². The molecule has 0 aromatic heterocycles. The summed E-state index contributed by atoms with van der Waals surface area (Å²) in [5.41, 5.74) is -0.593. The first-order valence-electron chi connectivity index (χ1n) is 3.87. The molecule has 1 saturated carbocycles. The molecule has 1 aliphatic heterocycles. The van der Waals surface area contributed by atoms with E-state index in [1.807, 2.05) is 0 Å². The van der Waals surface area contributed by atoms with Crippen molar-refractivity contribution in [1.29, 1.82) is 0 Å². The van der Waals surface area contributed by atoms with Gasteiger partial charge in [-0.2, -0.15) is 0 Å². The number of hydrogen-bond donors (Lipinski definition) is 0. The molecule has 0 aromatic carbocycles. The summed E-state index contributed by atoms with van der Waals surface area (Å²) < 4.78 is 9.37. The molecular weight excluding hydrogens is 160 g/mol. The summed E-state index contributed by atoms with van der Waals surface area (Å²) in [6, 6.07) is 0. The summed E-state index contributed by atoms with van der Waals surface area (Å²) in [6.45, 7) is 2.13. The van der Waals surface area contributed by atoms with Gasteiger partial charge in [0, 0.05) is 5.92 Å². The molecule has 1 heterocycles. The van der Waals surface area contributed by atoms with Crippen molar-refractivity contribution in [1.82, 2.24) is 0 Å². The molecule has 3 unspecified atom stereocenters. The predicted molar refractivity (Wildman–Crippen MR) is 38.1 cm³/mol. The Morgan fingerprint density at radius 1 is 1.75 bits per heavy atom. The molecule has 2 aliphatic rings. The first-order chi connectivity index (χ1) is 5.62. The molecule has 0 N–H and O–H groups in total. The van der Waals surface area contributed by atoms with Gasteiger partial charge in [0.15, 0.2) is 0 Å². The normalized spacial score (nSPS) is 43.3. The first kappa shape index (κ1) is 7.58. The molecule has 4 heteroatoms. The van der Waals surface area contributed by atoms with Crippen LogP contribution in [0.4, 0.5) is 0 Å². The number of methoxy groups -OCH3 is 1. The second kappa shape index (κ2) is 2.00. The van der Waals surface area contributed by atoms with Crippen LogP contribution in [0.2, 0.25) is 0 Å². The molecule has 0 amide bonds. The Morgan fingerprint density at radius 2 is 2.42 bits per heavy atom. The van der Waals surface area contributed by atoms with Gasteiger partial charge in [0.2, 0.25) is 0 Å². The van der Waals surface area contributed by atoms with Crippen LogP contribution in [0.5, 0.6) is 0 Å². The van der Waals surface area contributed by atoms with E-state index in [2.05, 4.69) is 4.74 Å². The van der Waals surface area contributed by atoms with Gasteiger partial charge in [-0.05, 0) is 6.92 Å². The maximum atomic E-state index is 11.2. The highest BCUT2D eigenvalue weighted by molar-refractivity contribution is 5.93. The number of carbonyl (C=O) groups excluding carboxylic acids is 2. The largest absolute Gasteiger partial charge is 0.469 e. The SMILES string of the molecule is COC(=O)C1(C)C2COC(=O)C21. The van der Waals surface area contributed by atoms with Gasteiger partial charge in [-0.15, -0.1) is 0 Å². The molecule has 3 atom stereocenters. The first-order valence-corrected chi connectivity index (χ1v) is 3.87. The molecule has 0 bridgehead atoms. The number of ether oxygens (including phenoxy) is 2. The smallest absolute Gasteiger partial charge is 0.312 e. The van der Waals surface area contributed by atoms with E-state index in [0.29, 0.717) is 6.61 Å². The van der Waals surface area contributed by atoms with Gasteiger partial charge in [0.25, 0.3) is 0 Å². The molecule has 2 fully saturated rings. The van der Waals surface area contributed by atoms with E-state index in [9.17, 15) is 9.59 Å². The lowest BCUT2D eigenvalue weighted by Gasteiger charge is -2.11. The van der Waals surface area contributed by atoms with Crippen molar-refractivity contribution in [3.8, 4) is 0 Å². The number of carbonyl (C=O) groups is 2. The van der Waals surface area contributed by atoms with Gasteiger partial charge >= 0.3 is 11.9 Å². The summed E-state index contributed by atoms with van der Waals surface area (Å²) in [7, 11) is 1.34. The predicted octanol–water partition coefficient (Wildman–Crippen LogP) is -0.0315. The second-order valence-electron chi connectivity index (χ2n) is 3.49. The highest BCUT2D eigenvalue weighted by atomic mass is 16.5. The van der Waals surface area contributed by atoms with Gasteiger partial charge in [-0.3, -0.25) is 9.59 Å². The topological polar surface area (TPSA) is 52.6 Å². The lowest BCUT2D eigenvalue weighted by atomic mass is 10.1. The fourth-order valence-corrected chi connectivity index (χ4v) is 2.04. The Labute approximate surface area is 69.8 Å². The van der Waals surface area contributed by atoms with Crippen molar-refractivity contribution in [3.63, 3.8) is 0 Å². The average molecular weight is 170 g/mol. The van der Waals surface area contributed by atoms with E-state index in [1.165, 1.54) is 7.11 Å². The van der Waals surface area contributed by atoms with Crippen LogP contribution in [-0.4, -0.2) is 25.7 Å². The van der Waals surface area contributed by atoms with Crippen LogP contribution in [-0.2, 0) is 19.1 Å². The molecular formula is C8H10O4. The van der Waals surface area contributed by atoms with E-state index in [0.717, 1.165) is 0 Å². The average Bonchev–Trinajstić information content (AvgIpc) is 2.44. The van der Waals surface area contributed by atoms with Crippen LogP contribution in [0.3, 0.4) is 0 Å². The van der Waals surface area contributed by atoms with Crippen LogP contribution < -0.4 is 0 Å². The van der Waals surface area contributed by atoms with Gasteiger partial charge in [0.1, 0.15) is 0 Å². The Kier molecular flexibility index (Phi) is 1.26. The third-order valence-electron chi connectivity index (χ3n) is 2.99. The zero-order chi connectivity index (χ0) is 8.93. The zero-order valence-corrected chi connectivity index (χ0v) is 6.99. The fraction of sp³-hybridized carbons (Fsp3) is 0.750. The van der Waals surface area contributed by atoms with E-state index >= 15 is 0 Å². The quantitative estimate of drug-likeness (QED) is 0.518. The Balaban J connectivity index is 2.19. The highest BCUT2D eigenvalue weighted by Gasteiger charge is 2.74. The number of rotatable bonds is 1. The van der Waals surface area contributed by atoms with Gasteiger partial charge < -0.3 is 9.47 Å². The minimum absolute atomic E-state index is 0.0532. The zero-order valence-electron chi connectivity index (χ0n) is 6.99. The lowest BCUT2D eigenvalue weighted by molar-refractivity contribution is -0.155. The Hall–Kier alpha value is -1.06. The number of hydrogen-bond acceptors (Lipinski definition) is 4. The second-order valence-corrected chi connectivity index (χ2v) is 3.49. The van der Waals surface area contributed by atoms with Gasteiger partial charge in [-0.25, -0.2) is 0 Å². The summed E-state index contributed by atoms with van der Waals surface area (Å²) in [4.78, 5) is 22.2. The van der Waals surface area contributed by atoms with Crippen LogP contribution in [0.1, 0.15) is 6.92 Å². The van der Waals surface area contributed by atoms with Gasteiger partial charge in [-0.1, -0.05) is 0 Å². The molecule has 4 nitrogen and oxygen atoms in total. The number of fused-ring (bicyclic) bond motifs is 1. The van der Waals surface area contributed by atoms with E-state index in [1.54, 1.807) is 6.92 Å². The highest BCUT2D eigenvalue weighted by Crippen LogP contribution is 2.62. The van der Waals surface area contributed by atoms with Crippen molar-refractivity contribution in [3.05, 3.63) is 0 Å². The summed E-state index contributed by atoms with van der Waals surface area (Å²) >= 11 is 0. The lowest BCUT2D eigenvalue weighted by Crippen LogP contribution is -2.24. The Bertz CT molecular complexity index is 260. The van der Waals surface area contributed by atoms with Crippen molar-refractivity contribution >= 4 is 11.9 Å². The van der Waals surface area contributed by atoms with E-state index in [4.69, 9.17) is 4.74 Å². The molecule has 0 spiro atoms. The van der Waals surface area contributed by atoms with Crippen molar-refractivity contribution in [2.24, 2.45) is 17.3 Å². The fourth-order valence-electron chi connectivity index (χ4n) is 2.04. The molecule has 2 rings (SSSR count). The number of cyclic esters (lactones) is 1. The number of esters is 2. The van der Waals surface area contributed by atoms with Crippen LogP contribution >= 0.6 is 0 Å². The summed E-state index contributed by atoms with van der Waals surface area (Å²) in [5, 5.41) is 0. The van der Waals surface area contributed by atoms with Crippen molar-refractivity contribution in [2.45, 2.75) is 6.92 Å². The third kappa shape index (κ3) is 0.629.